The van der Waals surface area contributed by atoms with E-state index >= 15 is 0 Å². The van der Waals surface area contributed by atoms with E-state index in [0.717, 1.165) is 22.2 Å². The van der Waals surface area contributed by atoms with Crippen LogP contribution >= 0.6 is 0 Å². The molecular weight excluding hydrogens is 244 g/mol. The number of hydrogen-bond acceptors (Lipinski definition) is 4. The maximum absolute atomic E-state index is 12.2. The van der Waals surface area contributed by atoms with Gasteiger partial charge in [0.05, 0.1) is 5.52 Å². The zero-order valence-corrected chi connectivity index (χ0v) is 11.0. The zero-order chi connectivity index (χ0) is 13.6. The Kier molecular flexibility index (Phi) is 2.71. The first-order valence-corrected chi connectivity index (χ1v) is 6.25. The number of pyridine rings is 1. The van der Waals surface area contributed by atoms with Gasteiger partial charge in [0, 0.05) is 30.6 Å². The Morgan fingerprint density at radius 2 is 1.89 bits per heavy atom. The molecule has 0 atom stereocenters. The number of nitrogens with two attached hydrogens (primary N) is 1. The number of nitrogens with zero attached hydrogens (tertiary/aromatic N) is 1. The molecule has 0 spiro atoms. The predicted molar refractivity (Wildman–Crippen MR) is 72.8 cm³/mol. The zero-order valence-electron chi connectivity index (χ0n) is 11.0. The molecular formula is C14H16N2O3. The van der Waals surface area contributed by atoms with Crippen LogP contribution in [0.15, 0.2) is 16.9 Å². The average Bonchev–Trinajstić information content (AvgIpc) is 2.44. The summed E-state index contributed by atoms with van der Waals surface area (Å²) < 4.78 is 12.8. The minimum absolute atomic E-state index is 0.0517. The molecule has 1 aliphatic heterocycles. The molecule has 0 fully saturated rings. The topological polar surface area (TPSA) is 66.5 Å². The van der Waals surface area contributed by atoms with E-state index in [1.54, 1.807) is 11.6 Å². The molecule has 1 aliphatic rings. The fourth-order valence-electron chi connectivity index (χ4n) is 2.53. The first-order valence-electron chi connectivity index (χ1n) is 6.25. The van der Waals surface area contributed by atoms with E-state index in [2.05, 4.69) is 0 Å². The van der Waals surface area contributed by atoms with Gasteiger partial charge < -0.3 is 19.8 Å². The van der Waals surface area contributed by atoms with Crippen molar-refractivity contribution >= 4 is 10.9 Å². The highest BCUT2D eigenvalue weighted by Gasteiger charge is 2.17. The highest BCUT2D eigenvalue weighted by molar-refractivity contribution is 5.87. The van der Waals surface area contributed by atoms with Gasteiger partial charge in [0.25, 0.3) is 5.56 Å². The third kappa shape index (κ3) is 1.69. The van der Waals surface area contributed by atoms with Crippen molar-refractivity contribution in [3.8, 4) is 11.5 Å². The van der Waals surface area contributed by atoms with E-state index in [1.165, 1.54) is 0 Å². The van der Waals surface area contributed by atoms with Crippen molar-refractivity contribution < 1.29 is 9.47 Å². The summed E-state index contributed by atoms with van der Waals surface area (Å²) in [5.74, 6) is 1.41. The van der Waals surface area contributed by atoms with Crippen LogP contribution in [0.25, 0.3) is 10.9 Å². The van der Waals surface area contributed by atoms with E-state index in [-0.39, 0.29) is 12.1 Å². The molecule has 0 radical (unpaired) electrons. The van der Waals surface area contributed by atoms with Crippen LogP contribution in [-0.4, -0.2) is 17.8 Å². The third-order valence-corrected chi connectivity index (χ3v) is 3.65. The largest absolute Gasteiger partial charge is 0.486 e. The van der Waals surface area contributed by atoms with Gasteiger partial charge in [-0.1, -0.05) is 0 Å². The van der Waals surface area contributed by atoms with Crippen LogP contribution in [0.3, 0.4) is 0 Å². The second-order valence-corrected chi connectivity index (χ2v) is 4.68. The highest BCUT2D eigenvalue weighted by atomic mass is 16.6. The Bertz CT molecular complexity index is 719. The molecule has 2 heterocycles. The summed E-state index contributed by atoms with van der Waals surface area (Å²) in [6, 6.07) is 3.79. The molecule has 0 bridgehead atoms. The molecule has 1 aromatic carbocycles. The molecule has 0 saturated heterocycles. The predicted octanol–water partition coefficient (Wildman–Crippen LogP) is 1.08. The summed E-state index contributed by atoms with van der Waals surface area (Å²) in [7, 11) is 1.75. The van der Waals surface area contributed by atoms with Gasteiger partial charge in [0.2, 0.25) is 0 Å². The number of aromatic nitrogens is 1. The first kappa shape index (κ1) is 12.0. The van der Waals surface area contributed by atoms with Crippen molar-refractivity contribution in [2.45, 2.75) is 13.5 Å². The molecule has 5 nitrogen and oxygen atoms in total. The maximum Gasteiger partial charge on any atom is 0.255 e. The number of hydrogen-bond donors (Lipinski definition) is 1. The van der Waals surface area contributed by atoms with Crippen LogP contribution in [-0.2, 0) is 13.6 Å². The van der Waals surface area contributed by atoms with E-state index < -0.39 is 0 Å². The molecule has 2 N–H and O–H groups in total. The lowest BCUT2D eigenvalue weighted by Crippen LogP contribution is -2.25. The highest BCUT2D eigenvalue weighted by Crippen LogP contribution is 2.35. The number of aryl methyl sites for hydroxylation is 2. The molecule has 100 valence electrons. The minimum Gasteiger partial charge on any atom is -0.486 e. The first-order chi connectivity index (χ1) is 9.13. The number of ether oxygens (including phenoxy) is 2. The van der Waals surface area contributed by atoms with Crippen LogP contribution in [0.2, 0.25) is 0 Å². The lowest BCUT2D eigenvalue weighted by Gasteiger charge is -2.20. The van der Waals surface area contributed by atoms with E-state index in [1.807, 2.05) is 19.1 Å². The molecule has 0 aliphatic carbocycles. The van der Waals surface area contributed by atoms with Gasteiger partial charge in [-0.3, -0.25) is 4.79 Å². The van der Waals surface area contributed by atoms with Gasteiger partial charge in [-0.05, 0) is 18.6 Å². The Labute approximate surface area is 110 Å². The van der Waals surface area contributed by atoms with Crippen molar-refractivity contribution in [1.82, 2.24) is 4.57 Å². The van der Waals surface area contributed by atoms with Gasteiger partial charge in [-0.2, -0.15) is 0 Å². The Morgan fingerprint density at radius 3 is 2.53 bits per heavy atom. The quantitative estimate of drug-likeness (QED) is 0.833. The molecule has 3 rings (SSSR count). The Hall–Kier alpha value is -2.01. The number of fused-ring (bicyclic) bond motifs is 2. The Morgan fingerprint density at radius 1 is 1.26 bits per heavy atom. The fraction of sp³-hybridized carbons (Fsp3) is 0.357. The lowest BCUT2D eigenvalue weighted by molar-refractivity contribution is 0.172. The normalized spacial score (nSPS) is 13.8. The van der Waals surface area contributed by atoms with Crippen molar-refractivity contribution in [2.75, 3.05) is 13.2 Å². The van der Waals surface area contributed by atoms with Crippen molar-refractivity contribution in [1.29, 1.82) is 0 Å². The lowest BCUT2D eigenvalue weighted by atomic mass is 10.0. The van der Waals surface area contributed by atoms with E-state index in [4.69, 9.17) is 15.2 Å². The maximum atomic E-state index is 12.2. The van der Waals surface area contributed by atoms with Crippen LogP contribution in [0.5, 0.6) is 11.5 Å². The summed E-state index contributed by atoms with van der Waals surface area (Å²) in [4.78, 5) is 12.2. The summed E-state index contributed by atoms with van der Waals surface area (Å²) in [5, 5.41) is 0.979. The molecule has 1 aromatic heterocycles. The molecule has 2 aromatic rings. The van der Waals surface area contributed by atoms with E-state index in [0.29, 0.717) is 24.5 Å². The summed E-state index contributed by atoms with van der Waals surface area (Å²) in [6.07, 6.45) is 0. The van der Waals surface area contributed by atoms with Gasteiger partial charge >= 0.3 is 0 Å². The molecule has 0 unspecified atom stereocenters. The van der Waals surface area contributed by atoms with E-state index in [9.17, 15) is 4.79 Å². The summed E-state index contributed by atoms with van der Waals surface area (Å²) in [5.41, 5.74) is 8.02. The number of benzene rings is 1. The number of rotatable bonds is 1. The summed E-state index contributed by atoms with van der Waals surface area (Å²) in [6.45, 7) is 3.24. The minimum atomic E-state index is -0.0517. The second-order valence-electron chi connectivity index (χ2n) is 4.68. The van der Waals surface area contributed by atoms with Gasteiger partial charge in [-0.25, -0.2) is 0 Å². The van der Waals surface area contributed by atoms with Crippen LogP contribution in [0.1, 0.15) is 11.1 Å². The van der Waals surface area contributed by atoms with Crippen LogP contribution < -0.4 is 20.8 Å². The third-order valence-electron chi connectivity index (χ3n) is 3.65. The smallest absolute Gasteiger partial charge is 0.255 e. The van der Waals surface area contributed by atoms with Crippen LogP contribution in [0, 0.1) is 6.92 Å². The van der Waals surface area contributed by atoms with Gasteiger partial charge in [-0.15, -0.1) is 0 Å². The van der Waals surface area contributed by atoms with Gasteiger partial charge in [0.1, 0.15) is 13.2 Å². The molecule has 5 heteroatoms. The molecule has 0 amide bonds. The van der Waals surface area contributed by atoms with Gasteiger partial charge in [0.15, 0.2) is 11.5 Å². The van der Waals surface area contributed by atoms with Crippen LogP contribution in [0.4, 0.5) is 0 Å². The average molecular weight is 260 g/mol. The molecule has 0 saturated carbocycles. The molecule has 19 heavy (non-hydrogen) atoms. The van der Waals surface area contributed by atoms with Crippen molar-refractivity contribution in [3.05, 3.63) is 33.6 Å². The second kappa shape index (κ2) is 4.28. The van der Waals surface area contributed by atoms with Crippen molar-refractivity contribution in [3.63, 3.8) is 0 Å². The fourth-order valence-corrected chi connectivity index (χ4v) is 2.53. The monoisotopic (exact) mass is 260 g/mol. The Balaban J connectivity index is 2.42. The summed E-state index contributed by atoms with van der Waals surface area (Å²) >= 11 is 0. The SMILES string of the molecule is Cc1c(CN)c(=O)n(C)c2cc3c(cc12)OCCO3. The standard InChI is InChI=1S/C14H16N2O3/c1-8-9-5-12-13(19-4-3-18-12)6-11(9)16(2)14(17)10(8)7-15/h5-6H,3-4,7,15H2,1-2H3. The van der Waals surface area contributed by atoms with Crippen molar-refractivity contribution in [2.24, 2.45) is 12.8 Å².